The SMILES string of the molecule is CN(Cc1cccc(F)c1)c1nc(N)nc2ccccc12. The molecule has 21 heavy (non-hydrogen) atoms. The molecular weight excluding hydrogens is 267 g/mol. The van der Waals surface area contributed by atoms with Crippen LogP contribution in [0.15, 0.2) is 48.5 Å². The summed E-state index contributed by atoms with van der Waals surface area (Å²) in [4.78, 5) is 10.5. The van der Waals surface area contributed by atoms with Crippen LogP contribution < -0.4 is 10.6 Å². The summed E-state index contributed by atoms with van der Waals surface area (Å²) in [6.07, 6.45) is 0. The molecule has 0 aliphatic heterocycles. The van der Waals surface area contributed by atoms with E-state index in [1.165, 1.54) is 12.1 Å². The summed E-state index contributed by atoms with van der Waals surface area (Å²) in [7, 11) is 1.90. The van der Waals surface area contributed by atoms with Crippen LogP contribution in [0.5, 0.6) is 0 Å². The molecule has 5 heteroatoms. The molecule has 0 atom stereocenters. The number of rotatable bonds is 3. The maximum Gasteiger partial charge on any atom is 0.222 e. The molecule has 0 amide bonds. The van der Waals surface area contributed by atoms with Crippen LogP contribution in [0.25, 0.3) is 10.9 Å². The Morgan fingerprint density at radius 2 is 1.90 bits per heavy atom. The van der Waals surface area contributed by atoms with Crippen LogP contribution in [0.1, 0.15) is 5.56 Å². The smallest absolute Gasteiger partial charge is 0.222 e. The molecule has 106 valence electrons. The van der Waals surface area contributed by atoms with Gasteiger partial charge in [-0.05, 0) is 29.8 Å². The van der Waals surface area contributed by atoms with Crippen LogP contribution >= 0.6 is 0 Å². The number of hydrogen-bond donors (Lipinski definition) is 1. The van der Waals surface area contributed by atoms with Crippen LogP contribution in [0.3, 0.4) is 0 Å². The van der Waals surface area contributed by atoms with Crippen molar-refractivity contribution in [3.63, 3.8) is 0 Å². The summed E-state index contributed by atoms with van der Waals surface area (Å²) in [5.41, 5.74) is 7.44. The summed E-state index contributed by atoms with van der Waals surface area (Å²) in [6.45, 7) is 0.540. The van der Waals surface area contributed by atoms with Crippen molar-refractivity contribution in [2.24, 2.45) is 0 Å². The van der Waals surface area contributed by atoms with Gasteiger partial charge in [0, 0.05) is 19.0 Å². The number of nitrogens with two attached hydrogens (primary N) is 1. The van der Waals surface area contributed by atoms with Gasteiger partial charge in [-0.2, -0.15) is 4.98 Å². The zero-order chi connectivity index (χ0) is 14.8. The van der Waals surface area contributed by atoms with Crippen LogP contribution in [0.4, 0.5) is 16.2 Å². The number of nitrogen functional groups attached to an aromatic ring is 1. The number of benzene rings is 2. The first-order valence-electron chi connectivity index (χ1n) is 6.61. The van der Waals surface area contributed by atoms with E-state index in [0.29, 0.717) is 6.54 Å². The number of hydrogen-bond acceptors (Lipinski definition) is 4. The lowest BCUT2D eigenvalue weighted by Gasteiger charge is -2.20. The van der Waals surface area contributed by atoms with Crippen molar-refractivity contribution in [2.45, 2.75) is 6.54 Å². The quantitative estimate of drug-likeness (QED) is 0.802. The first-order chi connectivity index (χ1) is 10.1. The van der Waals surface area contributed by atoms with Crippen molar-refractivity contribution in [1.29, 1.82) is 0 Å². The molecule has 0 bridgehead atoms. The molecule has 3 aromatic rings. The molecule has 0 aliphatic carbocycles. The van der Waals surface area contributed by atoms with Gasteiger partial charge >= 0.3 is 0 Å². The average molecular weight is 282 g/mol. The van der Waals surface area contributed by atoms with E-state index in [0.717, 1.165) is 22.3 Å². The monoisotopic (exact) mass is 282 g/mol. The molecule has 0 fully saturated rings. The Kier molecular flexibility index (Phi) is 3.39. The van der Waals surface area contributed by atoms with Gasteiger partial charge in [-0.3, -0.25) is 0 Å². The molecule has 0 saturated carbocycles. The maximum atomic E-state index is 13.3. The Morgan fingerprint density at radius 3 is 2.71 bits per heavy atom. The summed E-state index contributed by atoms with van der Waals surface area (Å²) in [5, 5.41) is 0.922. The molecule has 2 N–H and O–H groups in total. The number of nitrogens with zero attached hydrogens (tertiary/aromatic N) is 3. The Balaban J connectivity index is 1.99. The third-order valence-electron chi connectivity index (χ3n) is 3.27. The summed E-state index contributed by atoms with van der Waals surface area (Å²) >= 11 is 0. The lowest BCUT2D eigenvalue weighted by Crippen LogP contribution is -2.19. The minimum atomic E-state index is -0.243. The van der Waals surface area contributed by atoms with Gasteiger partial charge in [0.1, 0.15) is 11.6 Å². The Hall–Kier alpha value is -2.69. The molecule has 3 rings (SSSR count). The highest BCUT2D eigenvalue weighted by Crippen LogP contribution is 2.24. The normalized spacial score (nSPS) is 10.8. The van der Waals surface area contributed by atoms with E-state index in [1.807, 2.05) is 42.3 Å². The largest absolute Gasteiger partial charge is 0.368 e. The zero-order valence-corrected chi connectivity index (χ0v) is 11.6. The second kappa shape index (κ2) is 5.36. The first kappa shape index (κ1) is 13.3. The van der Waals surface area contributed by atoms with E-state index < -0.39 is 0 Å². The van der Waals surface area contributed by atoms with E-state index in [1.54, 1.807) is 6.07 Å². The highest BCUT2D eigenvalue weighted by molar-refractivity contribution is 5.90. The Bertz CT molecular complexity index is 788. The predicted molar refractivity (Wildman–Crippen MR) is 82.5 cm³/mol. The van der Waals surface area contributed by atoms with Crippen LogP contribution in [0.2, 0.25) is 0 Å². The van der Waals surface area contributed by atoms with Gasteiger partial charge < -0.3 is 10.6 Å². The zero-order valence-electron chi connectivity index (χ0n) is 11.6. The molecule has 0 unspecified atom stereocenters. The molecular formula is C16H15FN4. The van der Waals surface area contributed by atoms with Crippen molar-refractivity contribution in [2.75, 3.05) is 17.7 Å². The summed E-state index contributed by atoms with van der Waals surface area (Å²) in [5.74, 6) is 0.727. The van der Waals surface area contributed by atoms with Gasteiger partial charge in [0.05, 0.1) is 5.52 Å². The van der Waals surface area contributed by atoms with Crippen LogP contribution in [0, 0.1) is 5.82 Å². The van der Waals surface area contributed by atoms with Crippen molar-refractivity contribution >= 4 is 22.7 Å². The van der Waals surface area contributed by atoms with Crippen molar-refractivity contribution in [1.82, 2.24) is 9.97 Å². The standard InChI is InChI=1S/C16H15FN4/c1-21(10-11-5-4-6-12(17)9-11)15-13-7-2-3-8-14(13)19-16(18)20-15/h2-9H,10H2,1H3,(H2,18,19,20). The first-order valence-corrected chi connectivity index (χ1v) is 6.61. The fraction of sp³-hybridized carbons (Fsp3) is 0.125. The minimum Gasteiger partial charge on any atom is -0.368 e. The number of fused-ring (bicyclic) bond motifs is 1. The van der Waals surface area contributed by atoms with Gasteiger partial charge in [-0.1, -0.05) is 24.3 Å². The van der Waals surface area contributed by atoms with Crippen molar-refractivity contribution < 1.29 is 4.39 Å². The molecule has 1 heterocycles. The average Bonchev–Trinajstić information content (AvgIpc) is 2.46. The minimum absolute atomic E-state index is 0.231. The summed E-state index contributed by atoms with van der Waals surface area (Å²) in [6, 6.07) is 14.2. The topological polar surface area (TPSA) is 55.0 Å². The van der Waals surface area contributed by atoms with Crippen molar-refractivity contribution in [3.8, 4) is 0 Å². The van der Waals surface area contributed by atoms with Gasteiger partial charge in [0.25, 0.3) is 0 Å². The van der Waals surface area contributed by atoms with Gasteiger partial charge in [0.2, 0.25) is 5.95 Å². The molecule has 0 aliphatic rings. The molecule has 4 nitrogen and oxygen atoms in total. The molecule has 0 spiro atoms. The summed E-state index contributed by atoms with van der Waals surface area (Å²) < 4.78 is 13.3. The second-order valence-electron chi connectivity index (χ2n) is 4.91. The predicted octanol–water partition coefficient (Wildman–Crippen LogP) is 2.99. The van der Waals surface area contributed by atoms with E-state index in [4.69, 9.17) is 5.73 Å². The highest BCUT2D eigenvalue weighted by atomic mass is 19.1. The second-order valence-corrected chi connectivity index (χ2v) is 4.91. The number of para-hydroxylation sites is 1. The van der Waals surface area contributed by atoms with Crippen LogP contribution in [-0.4, -0.2) is 17.0 Å². The molecule has 2 aromatic carbocycles. The van der Waals surface area contributed by atoms with E-state index >= 15 is 0 Å². The van der Waals surface area contributed by atoms with E-state index in [2.05, 4.69) is 9.97 Å². The Labute approximate surface area is 122 Å². The fourth-order valence-electron chi connectivity index (χ4n) is 2.35. The molecule has 0 saturated heterocycles. The lowest BCUT2D eigenvalue weighted by molar-refractivity contribution is 0.625. The Morgan fingerprint density at radius 1 is 1.10 bits per heavy atom. The molecule has 1 aromatic heterocycles. The number of aromatic nitrogens is 2. The maximum absolute atomic E-state index is 13.3. The van der Waals surface area contributed by atoms with E-state index in [9.17, 15) is 4.39 Å². The number of halogens is 1. The van der Waals surface area contributed by atoms with Gasteiger partial charge in [-0.25, -0.2) is 9.37 Å². The highest BCUT2D eigenvalue weighted by Gasteiger charge is 2.11. The molecule has 0 radical (unpaired) electrons. The third-order valence-corrected chi connectivity index (χ3v) is 3.27. The number of anilines is 2. The lowest BCUT2D eigenvalue weighted by atomic mass is 10.2. The van der Waals surface area contributed by atoms with Gasteiger partial charge in [0.15, 0.2) is 0 Å². The fourth-order valence-corrected chi connectivity index (χ4v) is 2.35. The van der Waals surface area contributed by atoms with Crippen molar-refractivity contribution in [3.05, 3.63) is 59.9 Å². The van der Waals surface area contributed by atoms with E-state index in [-0.39, 0.29) is 11.8 Å². The van der Waals surface area contributed by atoms with Crippen LogP contribution in [-0.2, 0) is 6.54 Å². The van der Waals surface area contributed by atoms with Gasteiger partial charge in [-0.15, -0.1) is 0 Å². The third kappa shape index (κ3) is 2.76.